The van der Waals surface area contributed by atoms with Gasteiger partial charge in [-0.1, -0.05) is 0 Å². The smallest absolute Gasteiger partial charge is 0.311 e. The van der Waals surface area contributed by atoms with Crippen LogP contribution in [0.1, 0.15) is 13.8 Å². The van der Waals surface area contributed by atoms with E-state index in [1.807, 2.05) is 18.7 Å². The van der Waals surface area contributed by atoms with Crippen LogP contribution in [0.4, 0.5) is 11.4 Å². The van der Waals surface area contributed by atoms with E-state index in [2.05, 4.69) is 6.07 Å². The van der Waals surface area contributed by atoms with Crippen molar-refractivity contribution in [1.29, 1.82) is 5.26 Å². The highest BCUT2D eigenvalue weighted by Gasteiger charge is 2.23. The molecule has 0 N–H and O–H groups in total. The molecule has 0 aromatic heterocycles. The highest BCUT2D eigenvalue weighted by Crippen LogP contribution is 2.33. The number of hydrogen-bond donors (Lipinski definition) is 0. The molecule has 7 nitrogen and oxygen atoms in total. The van der Waals surface area contributed by atoms with Gasteiger partial charge >= 0.3 is 5.69 Å². The van der Waals surface area contributed by atoms with E-state index < -0.39 is 11.0 Å². The zero-order valence-corrected chi connectivity index (χ0v) is 12.0. The van der Waals surface area contributed by atoms with Crippen molar-refractivity contribution >= 4 is 11.4 Å². The molecule has 1 saturated heterocycles. The Bertz CT molecular complexity index is 568. The molecule has 1 aliphatic heterocycles. The molecule has 1 unspecified atom stereocenters. The Morgan fingerprint density at radius 2 is 2.33 bits per heavy atom. The lowest BCUT2D eigenvalue weighted by Crippen LogP contribution is -2.41. The summed E-state index contributed by atoms with van der Waals surface area (Å²) in [5.74, 6) is 0.243. The molecule has 1 atom stereocenters. The van der Waals surface area contributed by atoms with Crippen molar-refractivity contribution in [2.45, 2.75) is 26.1 Å². The molecule has 1 aromatic carbocycles. The van der Waals surface area contributed by atoms with Crippen LogP contribution in [0.5, 0.6) is 5.75 Å². The SMILES string of the molecule is CC(C)Oc1cc(N2CCOC(C#N)C2)ccc1[N+](=O)[O-]. The average molecular weight is 291 g/mol. The van der Waals surface area contributed by atoms with Gasteiger partial charge in [-0.2, -0.15) is 5.26 Å². The van der Waals surface area contributed by atoms with E-state index in [1.165, 1.54) is 6.07 Å². The molecule has 0 radical (unpaired) electrons. The molecule has 1 aliphatic rings. The van der Waals surface area contributed by atoms with Crippen LogP contribution in [0.15, 0.2) is 18.2 Å². The first kappa shape index (κ1) is 15.1. The fraction of sp³-hybridized carbons (Fsp3) is 0.500. The number of nitriles is 1. The number of nitro groups is 1. The lowest BCUT2D eigenvalue weighted by atomic mass is 10.2. The van der Waals surface area contributed by atoms with E-state index in [1.54, 1.807) is 12.1 Å². The highest BCUT2D eigenvalue weighted by atomic mass is 16.6. The van der Waals surface area contributed by atoms with Crippen LogP contribution in [0.2, 0.25) is 0 Å². The topological polar surface area (TPSA) is 88.6 Å². The van der Waals surface area contributed by atoms with Gasteiger partial charge in [0.2, 0.25) is 0 Å². The van der Waals surface area contributed by atoms with E-state index in [4.69, 9.17) is 14.7 Å². The minimum atomic E-state index is -0.483. The Morgan fingerprint density at radius 3 is 2.95 bits per heavy atom. The maximum absolute atomic E-state index is 11.0. The Hall–Kier alpha value is -2.33. The van der Waals surface area contributed by atoms with Crippen LogP contribution in [-0.2, 0) is 4.74 Å². The third-order valence-electron chi connectivity index (χ3n) is 3.08. The quantitative estimate of drug-likeness (QED) is 0.623. The number of anilines is 1. The number of ether oxygens (including phenoxy) is 2. The molecule has 1 aromatic rings. The molecular formula is C14H17N3O4. The van der Waals surface area contributed by atoms with Crippen molar-refractivity contribution in [3.63, 3.8) is 0 Å². The lowest BCUT2D eigenvalue weighted by molar-refractivity contribution is -0.386. The van der Waals surface area contributed by atoms with Crippen molar-refractivity contribution in [3.8, 4) is 11.8 Å². The number of nitrogens with zero attached hydrogens (tertiary/aromatic N) is 3. The molecule has 0 amide bonds. The summed E-state index contributed by atoms with van der Waals surface area (Å²) < 4.78 is 10.8. The van der Waals surface area contributed by atoms with E-state index in [0.29, 0.717) is 19.7 Å². The monoisotopic (exact) mass is 291 g/mol. The van der Waals surface area contributed by atoms with Gasteiger partial charge in [0.15, 0.2) is 11.9 Å². The molecule has 21 heavy (non-hydrogen) atoms. The predicted octanol–water partition coefficient (Wildman–Crippen LogP) is 2.11. The molecular weight excluding hydrogens is 274 g/mol. The Labute approximate surface area is 122 Å². The zero-order chi connectivity index (χ0) is 15.4. The van der Waals surface area contributed by atoms with Crippen LogP contribution in [0.25, 0.3) is 0 Å². The minimum Gasteiger partial charge on any atom is -0.484 e. The molecule has 0 bridgehead atoms. The summed E-state index contributed by atoms with van der Waals surface area (Å²) in [6, 6.07) is 6.83. The Kier molecular flexibility index (Phi) is 4.60. The normalized spacial score (nSPS) is 18.4. The van der Waals surface area contributed by atoms with Gasteiger partial charge in [0.05, 0.1) is 30.2 Å². The van der Waals surface area contributed by atoms with Crippen LogP contribution < -0.4 is 9.64 Å². The Balaban J connectivity index is 2.28. The van der Waals surface area contributed by atoms with Gasteiger partial charge in [0, 0.05) is 24.4 Å². The highest BCUT2D eigenvalue weighted by molar-refractivity contribution is 5.59. The van der Waals surface area contributed by atoms with Crippen LogP contribution in [0.3, 0.4) is 0 Å². The van der Waals surface area contributed by atoms with E-state index >= 15 is 0 Å². The fourth-order valence-corrected chi connectivity index (χ4v) is 2.16. The summed E-state index contributed by atoms with van der Waals surface area (Å²) in [6.07, 6.45) is -0.640. The maximum atomic E-state index is 11.0. The van der Waals surface area contributed by atoms with Crippen molar-refractivity contribution in [1.82, 2.24) is 0 Å². The van der Waals surface area contributed by atoms with Crippen LogP contribution in [0, 0.1) is 21.4 Å². The molecule has 0 saturated carbocycles. The van der Waals surface area contributed by atoms with Crippen molar-refractivity contribution < 1.29 is 14.4 Å². The van der Waals surface area contributed by atoms with E-state index in [-0.39, 0.29) is 17.5 Å². The zero-order valence-electron chi connectivity index (χ0n) is 12.0. The van der Waals surface area contributed by atoms with Crippen molar-refractivity contribution in [3.05, 3.63) is 28.3 Å². The minimum absolute atomic E-state index is 0.0578. The van der Waals surface area contributed by atoms with E-state index in [0.717, 1.165) is 5.69 Å². The second-order valence-electron chi connectivity index (χ2n) is 5.01. The van der Waals surface area contributed by atoms with E-state index in [9.17, 15) is 10.1 Å². The van der Waals surface area contributed by atoms with Crippen LogP contribution >= 0.6 is 0 Å². The van der Waals surface area contributed by atoms with Crippen molar-refractivity contribution in [2.75, 3.05) is 24.6 Å². The maximum Gasteiger partial charge on any atom is 0.311 e. The molecule has 1 heterocycles. The summed E-state index contributed by atoms with van der Waals surface area (Å²) in [5, 5.41) is 20.0. The van der Waals surface area contributed by atoms with Crippen molar-refractivity contribution in [2.24, 2.45) is 0 Å². The van der Waals surface area contributed by atoms with Gasteiger partial charge in [-0.3, -0.25) is 10.1 Å². The van der Waals surface area contributed by atoms with Gasteiger partial charge in [-0.05, 0) is 19.9 Å². The molecule has 112 valence electrons. The Morgan fingerprint density at radius 1 is 1.57 bits per heavy atom. The summed E-state index contributed by atoms with van der Waals surface area (Å²) >= 11 is 0. The summed E-state index contributed by atoms with van der Waals surface area (Å²) in [5.41, 5.74) is 0.734. The summed E-state index contributed by atoms with van der Waals surface area (Å²) in [6.45, 7) is 5.16. The molecule has 1 fully saturated rings. The first-order chi connectivity index (χ1) is 10.0. The average Bonchev–Trinajstić information content (AvgIpc) is 2.46. The first-order valence-electron chi connectivity index (χ1n) is 6.72. The number of benzene rings is 1. The van der Waals surface area contributed by atoms with Crippen LogP contribution in [-0.4, -0.2) is 36.8 Å². The molecule has 7 heteroatoms. The third kappa shape index (κ3) is 3.61. The first-order valence-corrected chi connectivity index (χ1v) is 6.72. The summed E-state index contributed by atoms with van der Waals surface area (Å²) in [4.78, 5) is 12.5. The van der Waals surface area contributed by atoms with Gasteiger partial charge in [-0.15, -0.1) is 0 Å². The largest absolute Gasteiger partial charge is 0.484 e. The van der Waals surface area contributed by atoms with Gasteiger partial charge in [-0.25, -0.2) is 0 Å². The molecule has 0 spiro atoms. The molecule has 0 aliphatic carbocycles. The standard InChI is InChI=1S/C14H17N3O4/c1-10(2)21-14-7-11(3-4-13(14)17(18)19)16-5-6-20-12(8-15)9-16/h3-4,7,10,12H,5-6,9H2,1-2H3. The fourth-order valence-electron chi connectivity index (χ4n) is 2.16. The summed E-state index contributed by atoms with van der Waals surface area (Å²) in [7, 11) is 0. The lowest BCUT2D eigenvalue weighted by Gasteiger charge is -2.31. The number of hydrogen-bond acceptors (Lipinski definition) is 6. The van der Waals surface area contributed by atoms with Gasteiger partial charge in [0.25, 0.3) is 0 Å². The number of rotatable bonds is 4. The molecule has 2 rings (SSSR count). The second-order valence-corrected chi connectivity index (χ2v) is 5.01. The third-order valence-corrected chi connectivity index (χ3v) is 3.08. The predicted molar refractivity (Wildman–Crippen MR) is 76.4 cm³/mol. The van der Waals surface area contributed by atoms with Gasteiger partial charge in [0.1, 0.15) is 0 Å². The van der Waals surface area contributed by atoms with Gasteiger partial charge < -0.3 is 14.4 Å². The second kappa shape index (κ2) is 6.41. The number of morpholine rings is 1. The number of nitro benzene ring substituents is 1.